The van der Waals surface area contributed by atoms with Crippen LogP contribution in [0.1, 0.15) is 21.5 Å². The fraction of sp³-hybridized carbons (Fsp3) is 0.0833. The summed E-state index contributed by atoms with van der Waals surface area (Å²) in [6, 6.07) is 13.7. The van der Waals surface area contributed by atoms with Crippen LogP contribution in [0.3, 0.4) is 0 Å². The Morgan fingerprint density at radius 3 is 2.35 bits per heavy atom. The molecule has 2 heterocycles. The zero-order valence-corrected chi connectivity index (χ0v) is 17.5. The van der Waals surface area contributed by atoms with Gasteiger partial charge in [0.25, 0.3) is 11.6 Å². The first-order valence-electron chi connectivity index (χ1n) is 10.1. The number of hydrogen-bond acceptors (Lipinski definition) is 4. The first-order chi connectivity index (χ1) is 16.3. The van der Waals surface area contributed by atoms with Gasteiger partial charge in [-0.05, 0) is 41.5 Å². The maximum Gasteiger partial charge on any atom is 0.416 e. The molecule has 7 nitrogen and oxygen atoms in total. The Balaban J connectivity index is 1.79. The van der Waals surface area contributed by atoms with Crippen LogP contribution in [0.15, 0.2) is 79.3 Å². The number of alkyl halides is 3. The lowest BCUT2D eigenvalue weighted by Crippen LogP contribution is -2.23. The van der Waals surface area contributed by atoms with Crippen LogP contribution in [-0.2, 0) is 12.7 Å². The number of amides is 1. The van der Waals surface area contributed by atoms with Crippen molar-refractivity contribution >= 4 is 11.6 Å². The molecule has 0 spiro atoms. The van der Waals surface area contributed by atoms with Crippen molar-refractivity contribution in [2.45, 2.75) is 12.7 Å². The number of aromatic nitrogens is 2. The van der Waals surface area contributed by atoms with E-state index in [0.29, 0.717) is 5.56 Å². The zero-order chi connectivity index (χ0) is 24.3. The molecule has 4 aromatic rings. The molecule has 1 amide bonds. The van der Waals surface area contributed by atoms with Crippen LogP contribution >= 0.6 is 0 Å². The molecule has 34 heavy (non-hydrogen) atoms. The summed E-state index contributed by atoms with van der Waals surface area (Å²) in [4.78, 5) is 31.0. The summed E-state index contributed by atoms with van der Waals surface area (Å²) in [5, 5.41) is 14.4. The Labute approximate surface area is 191 Å². The molecule has 0 saturated carbocycles. The van der Waals surface area contributed by atoms with Crippen molar-refractivity contribution in [1.82, 2.24) is 15.3 Å². The average Bonchev–Trinajstić information content (AvgIpc) is 3.28. The van der Waals surface area contributed by atoms with Crippen LogP contribution in [0.25, 0.3) is 22.4 Å². The molecule has 0 radical (unpaired) electrons. The second-order valence-electron chi connectivity index (χ2n) is 7.34. The van der Waals surface area contributed by atoms with E-state index in [1.54, 1.807) is 30.6 Å². The minimum absolute atomic E-state index is 0.123. The van der Waals surface area contributed by atoms with Gasteiger partial charge in [0.15, 0.2) is 0 Å². The highest BCUT2D eigenvalue weighted by Crippen LogP contribution is 2.40. The van der Waals surface area contributed by atoms with E-state index in [9.17, 15) is 28.1 Å². The summed E-state index contributed by atoms with van der Waals surface area (Å²) in [7, 11) is 0. The first-order valence-corrected chi connectivity index (χ1v) is 10.1. The first kappa shape index (κ1) is 22.7. The van der Waals surface area contributed by atoms with E-state index in [4.69, 9.17) is 0 Å². The summed E-state index contributed by atoms with van der Waals surface area (Å²) >= 11 is 0. The van der Waals surface area contributed by atoms with Gasteiger partial charge in [-0.1, -0.05) is 24.3 Å². The van der Waals surface area contributed by atoms with E-state index in [1.807, 2.05) is 0 Å². The number of pyridine rings is 1. The topological polar surface area (TPSA) is 101 Å². The third kappa shape index (κ3) is 4.65. The van der Waals surface area contributed by atoms with Gasteiger partial charge < -0.3 is 10.3 Å². The summed E-state index contributed by atoms with van der Waals surface area (Å²) in [5.74, 6) is -0.501. The zero-order valence-electron chi connectivity index (χ0n) is 17.5. The Bertz CT molecular complexity index is 1330. The fourth-order valence-electron chi connectivity index (χ4n) is 3.56. The van der Waals surface area contributed by atoms with Crippen molar-refractivity contribution in [3.05, 3.63) is 106 Å². The number of benzene rings is 2. The smallest absolute Gasteiger partial charge is 0.360 e. The standard InChI is InChI=1S/C24H17F3N4O3/c25-24(26,27)17-7-5-16(6-8-17)22-21(18-3-1-2-4-20(18)31(33)34)19(14-29-22)23(32)30-13-15-9-11-28-12-10-15/h1-12,14,29H,13H2,(H,30,32). The number of nitrogens with one attached hydrogen (secondary N) is 2. The van der Waals surface area contributed by atoms with Gasteiger partial charge in [-0.2, -0.15) is 13.2 Å². The summed E-state index contributed by atoms with van der Waals surface area (Å²) in [5.41, 5.74) is 0.875. The number of carbonyl (C=O) groups is 1. The summed E-state index contributed by atoms with van der Waals surface area (Å²) in [6.45, 7) is 0.193. The van der Waals surface area contributed by atoms with Gasteiger partial charge in [-0.25, -0.2) is 0 Å². The lowest BCUT2D eigenvalue weighted by molar-refractivity contribution is -0.384. The quantitative estimate of drug-likeness (QED) is 0.285. The minimum Gasteiger partial charge on any atom is -0.360 e. The van der Waals surface area contributed by atoms with E-state index in [0.717, 1.165) is 17.7 Å². The molecule has 172 valence electrons. The predicted molar refractivity (Wildman–Crippen MR) is 119 cm³/mol. The number of nitrogens with zero attached hydrogens (tertiary/aromatic N) is 2. The number of H-pyrrole nitrogens is 1. The van der Waals surface area contributed by atoms with Crippen molar-refractivity contribution in [1.29, 1.82) is 0 Å². The van der Waals surface area contributed by atoms with E-state index < -0.39 is 22.6 Å². The Morgan fingerprint density at radius 2 is 1.71 bits per heavy atom. The van der Waals surface area contributed by atoms with Gasteiger partial charge in [0.1, 0.15) is 0 Å². The molecule has 0 fully saturated rings. The van der Waals surface area contributed by atoms with E-state index in [2.05, 4.69) is 15.3 Å². The second-order valence-corrected chi connectivity index (χ2v) is 7.34. The molecular weight excluding hydrogens is 449 g/mol. The fourth-order valence-corrected chi connectivity index (χ4v) is 3.56. The van der Waals surface area contributed by atoms with Gasteiger partial charge in [0, 0.05) is 36.8 Å². The SMILES string of the molecule is O=C(NCc1ccncc1)c1c[nH]c(-c2ccc(C(F)(F)F)cc2)c1-c1ccccc1[N+](=O)[O-]. The van der Waals surface area contributed by atoms with Crippen molar-refractivity contribution in [2.24, 2.45) is 0 Å². The predicted octanol–water partition coefficient (Wildman–Crippen LogP) is 5.60. The third-order valence-corrected chi connectivity index (χ3v) is 5.20. The number of nitro benzene ring substituents is 1. The molecule has 0 aliphatic carbocycles. The van der Waals surface area contributed by atoms with Crippen LogP contribution in [-0.4, -0.2) is 20.8 Å². The van der Waals surface area contributed by atoms with Crippen LogP contribution in [0.2, 0.25) is 0 Å². The van der Waals surface area contributed by atoms with Crippen molar-refractivity contribution in [2.75, 3.05) is 0 Å². The number of hydrogen-bond donors (Lipinski definition) is 2. The highest BCUT2D eigenvalue weighted by Gasteiger charge is 2.31. The van der Waals surface area contributed by atoms with E-state index in [-0.39, 0.29) is 34.6 Å². The summed E-state index contributed by atoms with van der Waals surface area (Å²) < 4.78 is 39.0. The molecule has 10 heteroatoms. The normalized spacial score (nSPS) is 11.3. The maximum atomic E-state index is 13.1. The van der Waals surface area contributed by atoms with Gasteiger partial charge in [-0.3, -0.25) is 19.9 Å². The molecule has 0 saturated heterocycles. The Hall–Kier alpha value is -4.47. The average molecular weight is 466 g/mol. The van der Waals surface area contributed by atoms with Crippen LogP contribution in [0.4, 0.5) is 18.9 Å². The van der Waals surface area contributed by atoms with Crippen LogP contribution < -0.4 is 5.32 Å². The molecular formula is C24H17F3N4O3. The molecule has 2 aromatic carbocycles. The summed E-state index contributed by atoms with van der Waals surface area (Å²) in [6.07, 6.45) is 0.0484. The van der Waals surface area contributed by atoms with Crippen molar-refractivity contribution in [3.8, 4) is 22.4 Å². The molecule has 2 N–H and O–H groups in total. The van der Waals surface area contributed by atoms with Crippen LogP contribution in [0.5, 0.6) is 0 Å². The largest absolute Gasteiger partial charge is 0.416 e. The highest BCUT2D eigenvalue weighted by molar-refractivity contribution is 6.05. The molecule has 0 bridgehead atoms. The number of nitro groups is 1. The van der Waals surface area contributed by atoms with Gasteiger partial charge in [-0.15, -0.1) is 0 Å². The molecule has 0 aliphatic rings. The van der Waals surface area contributed by atoms with Crippen molar-refractivity contribution in [3.63, 3.8) is 0 Å². The number of aromatic amines is 1. The Kier molecular flexibility index (Phi) is 6.13. The van der Waals surface area contributed by atoms with Crippen LogP contribution in [0, 0.1) is 10.1 Å². The van der Waals surface area contributed by atoms with E-state index >= 15 is 0 Å². The highest BCUT2D eigenvalue weighted by atomic mass is 19.4. The molecule has 0 atom stereocenters. The van der Waals surface area contributed by atoms with Gasteiger partial charge in [0.2, 0.25) is 0 Å². The molecule has 0 aliphatic heterocycles. The molecule has 4 rings (SSSR count). The minimum atomic E-state index is -4.51. The maximum absolute atomic E-state index is 13.1. The van der Waals surface area contributed by atoms with Gasteiger partial charge >= 0.3 is 6.18 Å². The number of halogens is 3. The molecule has 2 aromatic heterocycles. The molecule has 0 unspecified atom stereocenters. The second kappa shape index (κ2) is 9.18. The van der Waals surface area contributed by atoms with E-state index in [1.165, 1.54) is 36.5 Å². The lowest BCUT2D eigenvalue weighted by atomic mass is 9.95. The lowest BCUT2D eigenvalue weighted by Gasteiger charge is -2.11. The number of para-hydroxylation sites is 1. The third-order valence-electron chi connectivity index (χ3n) is 5.20. The monoisotopic (exact) mass is 466 g/mol. The Morgan fingerprint density at radius 1 is 1.03 bits per heavy atom. The number of carbonyl (C=O) groups excluding carboxylic acids is 1. The number of rotatable bonds is 6. The van der Waals surface area contributed by atoms with Crippen molar-refractivity contribution < 1.29 is 22.9 Å². The van der Waals surface area contributed by atoms with Gasteiger partial charge in [0.05, 0.1) is 27.3 Å².